The van der Waals surface area contributed by atoms with Crippen molar-refractivity contribution in [2.75, 3.05) is 34.8 Å². The van der Waals surface area contributed by atoms with Gasteiger partial charge in [0, 0.05) is 19.1 Å². The number of nitrogens with zero attached hydrogens (tertiary/aromatic N) is 4. The number of sulfone groups is 1. The van der Waals surface area contributed by atoms with Crippen LogP contribution in [0.25, 0.3) is 0 Å². The van der Waals surface area contributed by atoms with Crippen LogP contribution >= 0.6 is 11.6 Å². The van der Waals surface area contributed by atoms with Crippen molar-refractivity contribution in [3.05, 3.63) is 5.28 Å². The van der Waals surface area contributed by atoms with Gasteiger partial charge in [-0.2, -0.15) is 15.0 Å². The van der Waals surface area contributed by atoms with E-state index in [4.69, 9.17) is 11.6 Å². The number of nitrogens with one attached hydrogen (secondary N) is 1. The van der Waals surface area contributed by atoms with E-state index in [2.05, 4.69) is 25.2 Å². The number of aromatic nitrogens is 3. The van der Waals surface area contributed by atoms with Crippen LogP contribution in [0.4, 0.5) is 11.9 Å². The van der Waals surface area contributed by atoms with Crippen LogP contribution in [-0.4, -0.2) is 54.0 Å². The van der Waals surface area contributed by atoms with Crippen molar-refractivity contribution in [2.24, 2.45) is 0 Å². The van der Waals surface area contributed by atoms with Gasteiger partial charge in [0.25, 0.3) is 0 Å². The molecular formula is C12H18ClN5O2S. The third-order valence-electron chi connectivity index (χ3n) is 3.87. The van der Waals surface area contributed by atoms with Gasteiger partial charge in [0.05, 0.1) is 11.5 Å². The van der Waals surface area contributed by atoms with Crippen LogP contribution in [-0.2, 0) is 9.84 Å². The highest BCUT2D eigenvalue weighted by molar-refractivity contribution is 7.91. The van der Waals surface area contributed by atoms with E-state index in [1.54, 1.807) is 0 Å². The maximum atomic E-state index is 11.4. The molecule has 0 unspecified atom stereocenters. The minimum Gasteiger partial charge on any atom is -0.351 e. The first-order chi connectivity index (χ1) is 10.0. The summed E-state index contributed by atoms with van der Waals surface area (Å²) in [6.07, 6.45) is 3.41. The lowest BCUT2D eigenvalue weighted by atomic mass is 10.2. The molecule has 9 heteroatoms. The maximum absolute atomic E-state index is 11.4. The molecule has 2 aliphatic rings. The summed E-state index contributed by atoms with van der Waals surface area (Å²) in [5.41, 5.74) is 0. The first kappa shape index (κ1) is 14.8. The minimum atomic E-state index is -2.86. The van der Waals surface area contributed by atoms with Gasteiger partial charge in [-0.05, 0) is 37.3 Å². The summed E-state index contributed by atoms with van der Waals surface area (Å²) in [6, 6.07) is 0.0680. The Morgan fingerprint density at radius 1 is 1.10 bits per heavy atom. The van der Waals surface area contributed by atoms with Crippen LogP contribution in [0.5, 0.6) is 0 Å². The Morgan fingerprint density at radius 2 is 1.76 bits per heavy atom. The molecule has 3 heterocycles. The standard InChI is InChI=1S/C12H18ClN5O2S/c13-10-15-11(14-9-3-7-21(19,20)8-4-9)17-12(16-10)18-5-1-2-6-18/h9H,1-8H2,(H,14,15,16,17). The summed E-state index contributed by atoms with van der Waals surface area (Å²) in [7, 11) is -2.86. The highest BCUT2D eigenvalue weighted by Gasteiger charge is 2.24. The van der Waals surface area contributed by atoms with E-state index in [9.17, 15) is 8.42 Å². The smallest absolute Gasteiger partial charge is 0.231 e. The Kier molecular flexibility index (Phi) is 4.17. The number of hydrogen-bond acceptors (Lipinski definition) is 7. The predicted molar refractivity (Wildman–Crippen MR) is 81.6 cm³/mol. The number of halogens is 1. The maximum Gasteiger partial charge on any atom is 0.231 e. The molecule has 116 valence electrons. The van der Waals surface area contributed by atoms with Crippen molar-refractivity contribution in [1.29, 1.82) is 0 Å². The van der Waals surface area contributed by atoms with Crippen LogP contribution in [0.1, 0.15) is 25.7 Å². The first-order valence-electron chi connectivity index (χ1n) is 7.15. The SMILES string of the molecule is O=S1(=O)CCC(Nc2nc(Cl)nc(N3CCCC3)n2)CC1. The van der Waals surface area contributed by atoms with E-state index in [1.165, 1.54) is 0 Å². The van der Waals surface area contributed by atoms with E-state index in [0.717, 1.165) is 25.9 Å². The van der Waals surface area contributed by atoms with Gasteiger partial charge in [-0.3, -0.25) is 0 Å². The summed E-state index contributed by atoms with van der Waals surface area (Å²) in [5.74, 6) is 1.45. The van der Waals surface area contributed by atoms with Gasteiger partial charge in [-0.15, -0.1) is 0 Å². The number of hydrogen-bond donors (Lipinski definition) is 1. The molecule has 1 aromatic rings. The second-order valence-corrected chi connectivity index (χ2v) is 8.13. The lowest BCUT2D eigenvalue weighted by molar-refractivity contribution is 0.558. The van der Waals surface area contributed by atoms with Crippen LogP contribution in [0, 0.1) is 0 Å². The number of rotatable bonds is 3. The number of anilines is 2. The average molecular weight is 332 g/mol. The highest BCUT2D eigenvalue weighted by atomic mass is 35.5. The molecule has 1 aromatic heterocycles. The Labute approximate surface area is 129 Å². The molecule has 0 radical (unpaired) electrons. The molecule has 3 rings (SSSR count). The monoisotopic (exact) mass is 331 g/mol. The largest absolute Gasteiger partial charge is 0.351 e. The molecule has 0 saturated carbocycles. The molecule has 2 fully saturated rings. The minimum absolute atomic E-state index is 0.0680. The summed E-state index contributed by atoms with van der Waals surface area (Å²) in [4.78, 5) is 14.7. The van der Waals surface area contributed by atoms with Gasteiger partial charge >= 0.3 is 0 Å². The molecule has 0 bridgehead atoms. The zero-order chi connectivity index (χ0) is 14.9. The molecule has 2 aliphatic heterocycles. The predicted octanol–water partition coefficient (Wildman–Crippen LogP) is 1.11. The molecule has 7 nitrogen and oxygen atoms in total. The third-order valence-corrected chi connectivity index (χ3v) is 5.76. The summed E-state index contributed by atoms with van der Waals surface area (Å²) >= 11 is 5.97. The Balaban J connectivity index is 1.70. The molecule has 0 atom stereocenters. The van der Waals surface area contributed by atoms with Crippen molar-refractivity contribution >= 4 is 33.3 Å². The zero-order valence-corrected chi connectivity index (χ0v) is 13.2. The molecule has 0 amide bonds. The molecule has 0 spiro atoms. The van der Waals surface area contributed by atoms with Crippen molar-refractivity contribution in [3.8, 4) is 0 Å². The van der Waals surface area contributed by atoms with Crippen LogP contribution in [0.2, 0.25) is 5.28 Å². The van der Waals surface area contributed by atoms with Gasteiger partial charge < -0.3 is 10.2 Å². The lowest BCUT2D eigenvalue weighted by Gasteiger charge is -2.23. The highest BCUT2D eigenvalue weighted by Crippen LogP contribution is 2.21. The second-order valence-electron chi connectivity index (χ2n) is 5.49. The van der Waals surface area contributed by atoms with Crippen molar-refractivity contribution in [1.82, 2.24) is 15.0 Å². The zero-order valence-electron chi connectivity index (χ0n) is 11.6. The van der Waals surface area contributed by atoms with Gasteiger partial charge in [-0.25, -0.2) is 8.42 Å². The van der Waals surface area contributed by atoms with E-state index in [-0.39, 0.29) is 22.8 Å². The third kappa shape index (κ3) is 3.74. The van der Waals surface area contributed by atoms with Gasteiger partial charge in [0.2, 0.25) is 17.2 Å². The van der Waals surface area contributed by atoms with Crippen LogP contribution < -0.4 is 10.2 Å². The second kappa shape index (κ2) is 5.92. The Hall–Kier alpha value is -1.15. The van der Waals surface area contributed by atoms with E-state index < -0.39 is 9.84 Å². The average Bonchev–Trinajstić information content (AvgIpc) is 2.95. The normalized spacial score (nSPS) is 22.4. The quantitative estimate of drug-likeness (QED) is 0.887. The first-order valence-corrected chi connectivity index (χ1v) is 9.35. The van der Waals surface area contributed by atoms with Crippen LogP contribution in [0.15, 0.2) is 0 Å². The van der Waals surface area contributed by atoms with Gasteiger partial charge in [0.1, 0.15) is 9.84 Å². The molecule has 1 N–H and O–H groups in total. The van der Waals surface area contributed by atoms with E-state index in [0.29, 0.717) is 24.7 Å². The summed E-state index contributed by atoms with van der Waals surface area (Å²) in [5, 5.41) is 3.35. The Bertz CT molecular complexity index is 604. The van der Waals surface area contributed by atoms with Crippen molar-refractivity contribution in [3.63, 3.8) is 0 Å². The summed E-state index contributed by atoms with van der Waals surface area (Å²) in [6.45, 7) is 1.86. The lowest BCUT2D eigenvalue weighted by Crippen LogP contribution is -2.33. The van der Waals surface area contributed by atoms with Gasteiger partial charge in [0.15, 0.2) is 0 Å². The van der Waals surface area contributed by atoms with E-state index in [1.807, 2.05) is 0 Å². The van der Waals surface area contributed by atoms with Crippen molar-refractivity contribution in [2.45, 2.75) is 31.7 Å². The van der Waals surface area contributed by atoms with E-state index >= 15 is 0 Å². The van der Waals surface area contributed by atoms with Crippen molar-refractivity contribution < 1.29 is 8.42 Å². The molecule has 0 aromatic carbocycles. The molecule has 0 aliphatic carbocycles. The molecule has 21 heavy (non-hydrogen) atoms. The fourth-order valence-corrected chi connectivity index (χ4v) is 4.33. The molecular weight excluding hydrogens is 314 g/mol. The topological polar surface area (TPSA) is 88.1 Å². The van der Waals surface area contributed by atoms with Crippen LogP contribution in [0.3, 0.4) is 0 Å². The Morgan fingerprint density at radius 3 is 2.43 bits per heavy atom. The molecule has 2 saturated heterocycles. The fourth-order valence-electron chi connectivity index (χ4n) is 2.68. The fraction of sp³-hybridized carbons (Fsp3) is 0.750. The summed E-state index contributed by atoms with van der Waals surface area (Å²) < 4.78 is 22.9. The van der Waals surface area contributed by atoms with Gasteiger partial charge in [-0.1, -0.05) is 0 Å².